The third-order valence-corrected chi connectivity index (χ3v) is 3.93. The number of hydrogen-bond donors (Lipinski definition) is 1. The Balaban J connectivity index is 1.89. The van der Waals surface area contributed by atoms with E-state index in [2.05, 4.69) is 22.2 Å². The fraction of sp³-hybridized carbons (Fsp3) is 0.538. The summed E-state index contributed by atoms with van der Waals surface area (Å²) in [6.45, 7) is 2.82. The summed E-state index contributed by atoms with van der Waals surface area (Å²) in [7, 11) is 2.12. The quantitative estimate of drug-likeness (QED) is 0.872. The second-order valence-corrected chi connectivity index (χ2v) is 5.72. The van der Waals surface area contributed by atoms with Crippen LogP contribution in [0.1, 0.15) is 23.3 Å². The van der Waals surface area contributed by atoms with Gasteiger partial charge in [0, 0.05) is 6.54 Å². The first-order chi connectivity index (χ1) is 9.06. The largest absolute Gasteiger partial charge is 0.350 e. The van der Waals surface area contributed by atoms with Gasteiger partial charge in [-0.25, -0.2) is 4.98 Å². The molecular formula is C13H17Cl2N3O. The molecule has 1 N–H and O–H groups in total. The van der Waals surface area contributed by atoms with Gasteiger partial charge < -0.3 is 10.2 Å². The summed E-state index contributed by atoms with van der Waals surface area (Å²) in [6, 6.07) is 3.15. The van der Waals surface area contributed by atoms with Gasteiger partial charge in [-0.05, 0) is 51.0 Å². The molecule has 104 valence electrons. The third-order valence-electron chi connectivity index (χ3n) is 3.42. The summed E-state index contributed by atoms with van der Waals surface area (Å²) in [5, 5.41) is 3.48. The highest BCUT2D eigenvalue weighted by molar-refractivity contribution is 6.34. The van der Waals surface area contributed by atoms with Crippen molar-refractivity contribution >= 4 is 29.1 Å². The molecule has 0 aromatic carbocycles. The Morgan fingerprint density at radius 1 is 1.42 bits per heavy atom. The molecule has 0 radical (unpaired) electrons. The SMILES string of the molecule is CN1CCC(CNC(=O)c2nc(Cl)ccc2Cl)CC1. The molecule has 1 aromatic heterocycles. The number of nitrogens with one attached hydrogen (secondary N) is 1. The van der Waals surface area contributed by atoms with Gasteiger partial charge >= 0.3 is 0 Å². The average molecular weight is 302 g/mol. The number of amides is 1. The van der Waals surface area contributed by atoms with Crippen molar-refractivity contribution in [1.29, 1.82) is 0 Å². The number of carbonyl (C=O) groups is 1. The highest BCUT2D eigenvalue weighted by Crippen LogP contribution is 2.18. The van der Waals surface area contributed by atoms with Crippen molar-refractivity contribution < 1.29 is 4.79 Å². The second kappa shape index (κ2) is 6.55. The fourth-order valence-corrected chi connectivity index (χ4v) is 2.50. The van der Waals surface area contributed by atoms with E-state index in [0.29, 0.717) is 17.5 Å². The van der Waals surface area contributed by atoms with Crippen LogP contribution in [0.15, 0.2) is 12.1 Å². The van der Waals surface area contributed by atoms with Gasteiger partial charge in [-0.2, -0.15) is 0 Å². The van der Waals surface area contributed by atoms with Crippen molar-refractivity contribution in [2.75, 3.05) is 26.7 Å². The Bertz CT molecular complexity index is 459. The number of piperidine rings is 1. The van der Waals surface area contributed by atoms with Gasteiger partial charge in [-0.15, -0.1) is 0 Å². The molecule has 1 aliphatic heterocycles. The summed E-state index contributed by atoms with van der Waals surface area (Å²) in [6.07, 6.45) is 2.21. The Labute approximate surface area is 123 Å². The van der Waals surface area contributed by atoms with E-state index in [1.165, 1.54) is 0 Å². The van der Waals surface area contributed by atoms with Gasteiger partial charge in [0.1, 0.15) is 10.8 Å². The van der Waals surface area contributed by atoms with Crippen LogP contribution < -0.4 is 5.32 Å². The molecule has 0 unspecified atom stereocenters. The maximum absolute atomic E-state index is 12.0. The molecule has 6 heteroatoms. The molecule has 0 bridgehead atoms. The van der Waals surface area contributed by atoms with E-state index in [9.17, 15) is 4.79 Å². The van der Waals surface area contributed by atoms with Crippen molar-refractivity contribution in [3.05, 3.63) is 28.0 Å². The average Bonchev–Trinajstić information content (AvgIpc) is 2.40. The molecule has 1 saturated heterocycles. The number of halogens is 2. The van der Waals surface area contributed by atoms with Crippen molar-refractivity contribution in [3.8, 4) is 0 Å². The molecule has 4 nitrogen and oxygen atoms in total. The molecule has 1 fully saturated rings. The first-order valence-corrected chi connectivity index (χ1v) is 7.10. The lowest BCUT2D eigenvalue weighted by Gasteiger charge is -2.28. The number of nitrogens with zero attached hydrogens (tertiary/aromatic N) is 2. The zero-order chi connectivity index (χ0) is 13.8. The number of rotatable bonds is 3. The predicted octanol–water partition coefficient (Wildman–Crippen LogP) is 2.46. The Morgan fingerprint density at radius 3 is 2.79 bits per heavy atom. The van der Waals surface area contributed by atoms with Crippen molar-refractivity contribution in [1.82, 2.24) is 15.2 Å². The number of aromatic nitrogens is 1. The van der Waals surface area contributed by atoms with E-state index in [1.807, 2.05) is 0 Å². The molecular weight excluding hydrogens is 285 g/mol. The summed E-state index contributed by atoms with van der Waals surface area (Å²) < 4.78 is 0. The van der Waals surface area contributed by atoms with E-state index in [4.69, 9.17) is 23.2 Å². The van der Waals surface area contributed by atoms with E-state index in [-0.39, 0.29) is 16.8 Å². The van der Waals surface area contributed by atoms with E-state index in [0.717, 1.165) is 25.9 Å². The van der Waals surface area contributed by atoms with Crippen LogP contribution >= 0.6 is 23.2 Å². The van der Waals surface area contributed by atoms with Crippen LogP contribution in [0.25, 0.3) is 0 Å². The van der Waals surface area contributed by atoms with Crippen molar-refractivity contribution in [3.63, 3.8) is 0 Å². The summed E-state index contributed by atoms with van der Waals surface area (Å²) in [4.78, 5) is 18.3. The smallest absolute Gasteiger partial charge is 0.271 e. The minimum atomic E-state index is -0.258. The monoisotopic (exact) mass is 301 g/mol. The highest BCUT2D eigenvalue weighted by atomic mass is 35.5. The molecule has 0 aliphatic carbocycles. The van der Waals surface area contributed by atoms with Crippen molar-refractivity contribution in [2.24, 2.45) is 5.92 Å². The molecule has 19 heavy (non-hydrogen) atoms. The normalized spacial score (nSPS) is 17.4. The number of hydrogen-bond acceptors (Lipinski definition) is 3. The fourth-order valence-electron chi connectivity index (χ4n) is 2.16. The molecule has 0 saturated carbocycles. The molecule has 0 atom stereocenters. The van der Waals surface area contributed by atoms with Gasteiger partial charge in [0.05, 0.1) is 5.02 Å². The van der Waals surface area contributed by atoms with Gasteiger partial charge in [-0.3, -0.25) is 4.79 Å². The van der Waals surface area contributed by atoms with Gasteiger partial charge in [0.15, 0.2) is 0 Å². The first kappa shape index (κ1) is 14.6. The molecule has 2 heterocycles. The molecule has 2 rings (SSSR count). The first-order valence-electron chi connectivity index (χ1n) is 6.35. The van der Waals surface area contributed by atoms with Gasteiger partial charge in [0.25, 0.3) is 5.91 Å². The summed E-state index contributed by atoms with van der Waals surface area (Å²) in [5.41, 5.74) is 0.196. The minimum absolute atomic E-state index is 0.196. The highest BCUT2D eigenvalue weighted by Gasteiger charge is 2.19. The van der Waals surface area contributed by atoms with E-state index in [1.54, 1.807) is 12.1 Å². The zero-order valence-corrected chi connectivity index (χ0v) is 12.3. The number of likely N-dealkylation sites (tertiary alicyclic amines) is 1. The lowest BCUT2D eigenvalue weighted by atomic mass is 9.97. The Morgan fingerprint density at radius 2 is 2.11 bits per heavy atom. The molecule has 1 aromatic rings. The number of pyridine rings is 1. The lowest BCUT2D eigenvalue weighted by Crippen LogP contribution is -2.37. The predicted molar refractivity (Wildman–Crippen MR) is 76.8 cm³/mol. The van der Waals surface area contributed by atoms with Crippen LogP contribution in [0.2, 0.25) is 10.2 Å². The third kappa shape index (κ3) is 4.06. The van der Waals surface area contributed by atoms with Crippen LogP contribution in [0.3, 0.4) is 0 Å². The van der Waals surface area contributed by atoms with Crippen molar-refractivity contribution in [2.45, 2.75) is 12.8 Å². The standard InChI is InChI=1S/C13H17Cl2N3O/c1-18-6-4-9(5-7-18)8-16-13(19)12-10(14)2-3-11(15)17-12/h2-3,9H,4-8H2,1H3,(H,16,19). The Hall–Kier alpha value is -0.840. The Kier molecular flexibility index (Phi) is 5.02. The van der Waals surface area contributed by atoms with Gasteiger partial charge in [-0.1, -0.05) is 23.2 Å². The molecule has 1 amide bonds. The topological polar surface area (TPSA) is 45.2 Å². The van der Waals surface area contributed by atoms with E-state index >= 15 is 0 Å². The van der Waals surface area contributed by atoms with E-state index < -0.39 is 0 Å². The molecule has 0 spiro atoms. The van der Waals surface area contributed by atoms with Crippen LogP contribution in [0.4, 0.5) is 0 Å². The van der Waals surface area contributed by atoms with Crippen LogP contribution in [-0.2, 0) is 0 Å². The van der Waals surface area contributed by atoms with Crippen LogP contribution in [-0.4, -0.2) is 42.5 Å². The lowest BCUT2D eigenvalue weighted by molar-refractivity contribution is 0.0934. The van der Waals surface area contributed by atoms with Crippen LogP contribution in [0.5, 0.6) is 0 Å². The molecule has 1 aliphatic rings. The zero-order valence-electron chi connectivity index (χ0n) is 10.8. The summed E-state index contributed by atoms with van der Waals surface area (Å²) in [5.74, 6) is 0.268. The second-order valence-electron chi connectivity index (χ2n) is 4.92. The number of carbonyl (C=O) groups excluding carboxylic acids is 1. The summed E-state index contributed by atoms with van der Waals surface area (Å²) >= 11 is 11.7. The van der Waals surface area contributed by atoms with Crippen LogP contribution in [0, 0.1) is 5.92 Å². The maximum atomic E-state index is 12.0. The van der Waals surface area contributed by atoms with Gasteiger partial charge in [0.2, 0.25) is 0 Å². The maximum Gasteiger partial charge on any atom is 0.271 e. The minimum Gasteiger partial charge on any atom is -0.350 e.